The van der Waals surface area contributed by atoms with Gasteiger partial charge in [0.05, 0.1) is 11.6 Å². The molecular weight excluding hydrogens is 276 g/mol. The lowest BCUT2D eigenvalue weighted by atomic mass is 10.1. The van der Waals surface area contributed by atoms with Gasteiger partial charge in [-0.1, -0.05) is 26.0 Å². The molecule has 0 aliphatic carbocycles. The fraction of sp³-hybridized carbons (Fsp3) is 0.529. The van der Waals surface area contributed by atoms with Crippen molar-refractivity contribution in [2.24, 2.45) is 10.9 Å². The highest BCUT2D eigenvalue weighted by Crippen LogP contribution is 2.02. The van der Waals surface area contributed by atoms with Gasteiger partial charge >= 0.3 is 0 Å². The topological polar surface area (TPSA) is 69.4 Å². The number of rotatable bonds is 8. The third-order valence-electron chi connectivity index (χ3n) is 2.98. The zero-order valence-corrected chi connectivity index (χ0v) is 13.7. The molecular formula is C17H26N4O. The average Bonchev–Trinajstić information content (AvgIpc) is 2.53. The van der Waals surface area contributed by atoms with Crippen molar-refractivity contribution < 1.29 is 4.74 Å². The Bertz CT molecular complexity index is 488. The molecule has 5 nitrogen and oxygen atoms in total. The maximum absolute atomic E-state index is 8.77. The van der Waals surface area contributed by atoms with Crippen LogP contribution in [0.4, 0.5) is 0 Å². The first kappa shape index (κ1) is 18.0. The molecule has 0 bridgehead atoms. The highest BCUT2D eigenvalue weighted by atomic mass is 16.5. The lowest BCUT2D eigenvalue weighted by Gasteiger charge is -2.12. The Morgan fingerprint density at radius 2 is 2.00 bits per heavy atom. The molecule has 0 spiro atoms. The number of hydrogen-bond acceptors (Lipinski definition) is 3. The summed E-state index contributed by atoms with van der Waals surface area (Å²) in [5.74, 6) is 1.35. The largest absolute Gasteiger partial charge is 0.381 e. The van der Waals surface area contributed by atoms with Gasteiger partial charge in [0.15, 0.2) is 5.96 Å². The molecule has 0 fully saturated rings. The van der Waals surface area contributed by atoms with Crippen LogP contribution in [0.1, 0.15) is 31.4 Å². The Kier molecular flexibility index (Phi) is 8.70. The van der Waals surface area contributed by atoms with Gasteiger partial charge in [0.2, 0.25) is 0 Å². The molecule has 1 rings (SSSR count). The number of aliphatic imine (C=N–C) groups is 1. The van der Waals surface area contributed by atoms with E-state index in [0.717, 1.165) is 37.7 Å². The fourth-order valence-electron chi connectivity index (χ4n) is 1.80. The second-order valence-corrected chi connectivity index (χ2v) is 5.48. The van der Waals surface area contributed by atoms with Crippen LogP contribution in [0.15, 0.2) is 29.3 Å². The third-order valence-corrected chi connectivity index (χ3v) is 2.98. The molecule has 1 aromatic rings. The molecule has 0 saturated heterocycles. The minimum Gasteiger partial charge on any atom is -0.381 e. The molecule has 120 valence electrons. The van der Waals surface area contributed by atoms with Crippen LogP contribution in [0.3, 0.4) is 0 Å². The minimum atomic E-state index is 0.579. The van der Waals surface area contributed by atoms with Gasteiger partial charge in [0, 0.05) is 33.4 Å². The average molecular weight is 302 g/mol. The van der Waals surface area contributed by atoms with Crippen molar-refractivity contribution in [1.29, 1.82) is 5.26 Å². The maximum atomic E-state index is 8.77. The quantitative estimate of drug-likeness (QED) is 0.439. The van der Waals surface area contributed by atoms with E-state index in [1.54, 1.807) is 7.05 Å². The number of benzene rings is 1. The summed E-state index contributed by atoms with van der Waals surface area (Å²) in [5.41, 5.74) is 1.79. The first-order valence-electron chi connectivity index (χ1n) is 7.67. The summed E-state index contributed by atoms with van der Waals surface area (Å²) in [4.78, 5) is 4.18. The molecule has 0 unspecified atom stereocenters. The van der Waals surface area contributed by atoms with E-state index >= 15 is 0 Å². The number of nitrogens with one attached hydrogen (secondary N) is 2. The summed E-state index contributed by atoms with van der Waals surface area (Å²) < 4.78 is 5.54. The van der Waals surface area contributed by atoms with Crippen LogP contribution >= 0.6 is 0 Å². The Hall–Kier alpha value is -2.06. The van der Waals surface area contributed by atoms with Crippen molar-refractivity contribution in [2.75, 3.05) is 26.8 Å². The molecule has 1 aromatic carbocycles. The second-order valence-electron chi connectivity index (χ2n) is 5.48. The summed E-state index contributed by atoms with van der Waals surface area (Å²) in [6.45, 7) is 7.37. The van der Waals surface area contributed by atoms with Gasteiger partial charge in [-0.3, -0.25) is 4.99 Å². The maximum Gasteiger partial charge on any atom is 0.191 e. The van der Waals surface area contributed by atoms with E-state index in [1.807, 2.05) is 24.3 Å². The summed E-state index contributed by atoms with van der Waals surface area (Å²) in [5, 5.41) is 15.3. The van der Waals surface area contributed by atoms with Crippen LogP contribution in [-0.4, -0.2) is 32.8 Å². The lowest BCUT2D eigenvalue weighted by molar-refractivity contribution is 0.108. The van der Waals surface area contributed by atoms with E-state index < -0.39 is 0 Å². The van der Waals surface area contributed by atoms with E-state index in [4.69, 9.17) is 10.00 Å². The Morgan fingerprint density at radius 1 is 1.27 bits per heavy atom. The third kappa shape index (κ3) is 7.65. The molecule has 0 aliphatic heterocycles. The first-order chi connectivity index (χ1) is 10.7. The van der Waals surface area contributed by atoms with E-state index in [1.165, 1.54) is 0 Å². The normalized spacial score (nSPS) is 11.3. The van der Waals surface area contributed by atoms with Gasteiger partial charge in [0.25, 0.3) is 0 Å². The van der Waals surface area contributed by atoms with Crippen molar-refractivity contribution >= 4 is 5.96 Å². The van der Waals surface area contributed by atoms with E-state index in [2.05, 4.69) is 35.5 Å². The molecule has 0 aliphatic rings. The monoisotopic (exact) mass is 302 g/mol. The zero-order chi connectivity index (χ0) is 16.2. The zero-order valence-electron chi connectivity index (χ0n) is 13.7. The smallest absolute Gasteiger partial charge is 0.191 e. The summed E-state index contributed by atoms with van der Waals surface area (Å²) in [6.07, 6.45) is 0.949. The van der Waals surface area contributed by atoms with Gasteiger partial charge in [-0.25, -0.2) is 0 Å². The summed E-state index contributed by atoms with van der Waals surface area (Å²) in [6, 6.07) is 9.64. The number of nitriles is 1. The van der Waals surface area contributed by atoms with Crippen LogP contribution in [0.25, 0.3) is 0 Å². The van der Waals surface area contributed by atoms with Crippen molar-refractivity contribution in [1.82, 2.24) is 10.6 Å². The van der Waals surface area contributed by atoms with Crippen molar-refractivity contribution in [3.63, 3.8) is 0 Å². The molecule has 0 saturated carbocycles. The number of nitrogens with zero attached hydrogens (tertiary/aromatic N) is 2. The van der Waals surface area contributed by atoms with E-state index in [0.29, 0.717) is 18.0 Å². The van der Waals surface area contributed by atoms with Crippen LogP contribution in [-0.2, 0) is 11.3 Å². The van der Waals surface area contributed by atoms with E-state index in [-0.39, 0.29) is 0 Å². The predicted molar refractivity (Wildman–Crippen MR) is 89.6 cm³/mol. The van der Waals surface area contributed by atoms with Gasteiger partial charge in [0.1, 0.15) is 0 Å². The first-order valence-corrected chi connectivity index (χ1v) is 7.67. The summed E-state index contributed by atoms with van der Waals surface area (Å²) in [7, 11) is 1.75. The summed E-state index contributed by atoms with van der Waals surface area (Å²) >= 11 is 0. The predicted octanol–water partition coefficient (Wildman–Crippen LogP) is 2.29. The molecule has 5 heteroatoms. The number of guanidine groups is 1. The van der Waals surface area contributed by atoms with Gasteiger partial charge < -0.3 is 15.4 Å². The van der Waals surface area contributed by atoms with Crippen LogP contribution in [0, 0.1) is 17.2 Å². The Balaban J connectivity index is 2.21. The van der Waals surface area contributed by atoms with Crippen molar-refractivity contribution in [3.8, 4) is 6.07 Å². The van der Waals surface area contributed by atoms with Gasteiger partial charge in [-0.2, -0.15) is 5.26 Å². The second kappa shape index (κ2) is 10.6. The molecule has 22 heavy (non-hydrogen) atoms. The molecule has 2 N–H and O–H groups in total. The molecule has 0 aromatic heterocycles. The molecule has 0 radical (unpaired) electrons. The van der Waals surface area contributed by atoms with Gasteiger partial charge in [-0.05, 0) is 30.0 Å². The number of ether oxygens (including phenoxy) is 1. The standard InChI is InChI=1S/C17H26N4O/c1-14(2)13-22-10-4-9-20-17(19-3)21-12-16-7-5-15(11-18)6-8-16/h5-8,14H,4,9-10,12-13H2,1-3H3,(H2,19,20,21). The molecule has 0 amide bonds. The van der Waals surface area contributed by atoms with Crippen LogP contribution in [0.2, 0.25) is 0 Å². The molecule has 0 heterocycles. The SMILES string of the molecule is CN=C(NCCCOCC(C)C)NCc1ccc(C#N)cc1. The van der Waals surface area contributed by atoms with Gasteiger partial charge in [-0.15, -0.1) is 0 Å². The van der Waals surface area contributed by atoms with Crippen LogP contribution < -0.4 is 10.6 Å². The van der Waals surface area contributed by atoms with Crippen LogP contribution in [0.5, 0.6) is 0 Å². The minimum absolute atomic E-state index is 0.579. The Labute approximate surface area is 133 Å². The van der Waals surface area contributed by atoms with E-state index in [9.17, 15) is 0 Å². The lowest BCUT2D eigenvalue weighted by Crippen LogP contribution is -2.37. The highest BCUT2D eigenvalue weighted by molar-refractivity contribution is 5.79. The number of hydrogen-bond donors (Lipinski definition) is 2. The van der Waals surface area contributed by atoms with Crippen molar-refractivity contribution in [2.45, 2.75) is 26.8 Å². The fourth-order valence-corrected chi connectivity index (χ4v) is 1.80. The highest BCUT2D eigenvalue weighted by Gasteiger charge is 1.99. The molecule has 0 atom stereocenters. The van der Waals surface area contributed by atoms with Crippen molar-refractivity contribution in [3.05, 3.63) is 35.4 Å². The Morgan fingerprint density at radius 3 is 2.59 bits per heavy atom.